The molecule has 10 heteroatoms. The molecule has 0 aliphatic heterocycles. The van der Waals surface area contributed by atoms with Gasteiger partial charge in [0.05, 0.1) is 36.8 Å². The maximum Gasteiger partial charge on any atom is 0.266 e. The molecule has 1 amide bonds. The third-order valence-corrected chi connectivity index (χ3v) is 4.68. The molecule has 0 aliphatic carbocycles. The first kappa shape index (κ1) is 18.1. The van der Waals surface area contributed by atoms with Gasteiger partial charge >= 0.3 is 0 Å². The number of carbonyl (C=O) groups is 1. The van der Waals surface area contributed by atoms with Gasteiger partial charge in [0.2, 0.25) is 10.0 Å². The number of methoxy groups -OCH3 is 2. The number of ether oxygens (including phenoxy) is 2. The number of carbonyl (C=O) groups excluding carboxylic acids is 1. The minimum atomic E-state index is -3.92. The Bertz CT molecular complexity index is 863. The molecule has 1 N–H and O–H groups in total. The highest BCUT2D eigenvalue weighted by atomic mass is 35.5. The Balaban J connectivity index is 2.25. The maximum absolute atomic E-state index is 12.3. The lowest BCUT2D eigenvalue weighted by atomic mass is 10.2. The minimum absolute atomic E-state index is 0.00706. The molecule has 2 rings (SSSR count). The second-order valence-corrected chi connectivity index (χ2v) is 7.00. The summed E-state index contributed by atoms with van der Waals surface area (Å²) in [7, 11) is 0.529. The lowest BCUT2D eigenvalue weighted by Gasteiger charge is -2.12. The van der Waals surface area contributed by atoms with E-state index < -0.39 is 15.9 Å². The maximum atomic E-state index is 12.3. The van der Waals surface area contributed by atoms with Crippen molar-refractivity contribution in [2.24, 2.45) is 7.05 Å². The fraction of sp³-hybridized carbons (Fsp3) is 0.286. The van der Waals surface area contributed by atoms with Crippen LogP contribution >= 0.6 is 11.6 Å². The number of hydrogen-bond donors (Lipinski definition) is 1. The van der Waals surface area contributed by atoms with Gasteiger partial charge in [0.1, 0.15) is 11.5 Å². The number of halogens is 1. The van der Waals surface area contributed by atoms with Gasteiger partial charge in [-0.1, -0.05) is 11.6 Å². The van der Waals surface area contributed by atoms with E-state index in [4.69, 9.17) is 21.1 Å². The van der Waals surface area contributed by atoms with Crippen LogP contribution in [0.15, 0.2) is 24.5 Å². The Morgan fingerprint density at radius 3 is 2.58 bits per heavy atom. The molecule has 0 spiro atoms. The first-order chi connectivity index (χ1) is 11.3. The number of amides is 1. The monoisotopic (exact) mass is 373 g/mol. The number of nitrogens with zero attached hydrogens (tertiary/aromatic N) is 2. The highest BCUT2D eigenvalue weighted by molar-refractivity contribution is 7.89. The summed E-state index contributed by atoms with van der Waals surface area (Å²) >= 11 is 6.08. The number of rotatable bonds is 6. The van der Waals surface area contributed by atoms with Gasteiger partial charge in [-0.15, -0.1) is 0 Å². The summed E-state index contributed by atoms with van der Waals surface area (Å²) in [6.45, 7) is 0. The third kappa shape index (κ3) is 4.18. The quantitative estimate of drug-likeness (QED) is 0.820. The Hall–Kier alpha value is -2.26. The average Bonchev–Trinajstić information content (AvgIpc) is 2.91. The molecule has 1 aromatic heterocycles. The number of benzene rings is 1. The van der Waals surface area contributed by atoms with Crippen LogP contribution in [0.2, 0.25) is 5.02 Å². The summed E-state index contributed by atoms with van der Waals surface area (Å²) in [5.74, 6) is -0.747. The molecule has 0 fully saturated rings. The Morgan fingerprint density at radius 2 is 2.04 bits per heavy atom. The van der Waals surface area contributed by atoms with E-state index >= 15 is 0 Å². The van der Waals surface area contributed by atoms with Crippen LogP contribution < -0.4 is 14.2 Å². The van der Waals surface area contributed by atoms with Gasteiger partial charge in [-0.3, -0.25) is 9.48 Å². The SMILES string of the molecule is COc1cc(OC)c(Cl)c(C(=O)NS(=O)(=O)Cc2cnn(C)c2)c1. The van der Waals surface area contributed by atoms with Crippen molar-refractivity contribution >= 4 is 27.5 Å². The molecular formula is C14H16ClN3O5S. The number of nitrogens with one attached hydrogen (secondary N) is 1. The molecule has 1 aromatic carbocycles. The number of aromatic nitrogens is 2. The zero-order valence-electron chi connectivity index (χ0n) is 13.2. The summed E-state index contributed by atoms with van der Waals surface area (Å²) in [6.07, 6.45) is 2.95. The van der Waals surface area contributed by atoms with Gasteiger partial charge in [0, 0.05) is 24.9 Å². The van der Waals surface area contributed by atoms with Crippen molar-refractivity contribution in [3.05, 3.63) is 40.7 Å². The average molecular weight is 374 g/mol. The minimum Gasteiger partial charge on any atom is -0.497 e. The molecule has 0 bridgehead atoms. The highest BCUT2D eigenvalue weighted by Crippen LogP contribution is 2.33. The molecule has 0 unspecified atom stereocenters. The normalized spacial score (nSPS) is 11.2. The van der Waals surface area contributed by atoms with Gasteiger partial charge < -0.3 is 9.47 Å². The highest BCUT2D eigenvalue weighted by Gasteiger charge is 2.22. The third-order valence-electron chi connectivity index (χ3n) is 3.08. The van der Waals surface area contributed by atoms with Crippen molar-refractivity contribution < 1.29 is 22.7 Å². The fourth-order valence-corrected chi connectivity index (χ4v) is 3.33. The summed E-state index contributed by atoms with van der Waals surface area (Å²) < 4.78 is 37.8. The van der Waals surface area contributed by atoms with Crippen molar-refractivity contribution in [2.45, 2.75) is 5.75 Å². The number of sulfonamides is 1. The second-order valence-electron chi connectivity index (χ2n) is 4.90. The zero-order valence-corrected chi connectivity index (χ0v) is 14.8. The number of aryl methyl sites for hydroxylation is 1. The summed E-state index contributed by atoms with van der Waals surface area (Å²) in [4.78, 5) is 12.3. The molecule has 0 saturated heterocycles. The Morgan fingerprint density at radius 1 is 1.33 bits per heavy atom. The van der Waals surface area contributed by atoms with E-state index in [9.17, 15) is 13.2 Å². The largest absolute Gasteiger partial charge is 0.497 e. The number of hydrogen-bond acceptors (Lipinski definition) is 6. The van der Waals surface area contributed by atoms with Crippen LogP contribution in [0.1, 0.15) is 15.9 Å². The van der Waals surface area contributed by atoms with E-state index in [1.807, 2.05) is 4.72 Å². The van der Waals surface area contributed by atoms with Crippen LogP contribution in [0, 0.1) is 0 Å². The molecular weight excluding hydrogens is 358 g/mol. The predicted molar refractivity (Wildman–Crippen MR) is 87.9 cm³/mol. The molecule has 0 radical (unpaired) electrons. The van der Waals surface area contributed by atoms with E-state index in [0.29, 0.717) is 11.3 Å². The standard InChI is InChI=1S/C14H16ClN3O5S/c1-18-7-9(6-16-18)8-24(20,21)17-14(19)11-4-10(22-2)5-12(23-3)13(11)15/h4-7H,8H2,1-3H3,(H,17,19). The lowest BCUT2D eigenvalue weighted by molar-refractivity contribution is 0.0981. The smallest absolute Gasteiger partial charge is 0.266 e. The molecule has 130 valence electrons. The first-order valence-corrected chi connectivity index (χ1v) is 8.72. The van der Waals surface area contributed by atoms with Crippen molar-refractivity contribution in [3.8, 4) is 11.5 Å². The fourth-order valence-electron chi connectivity index (χ4n) is 2.00. The molecule has 0 saturated carbocycles. The lowest BCUT2D eigenvalue weighted by Crippen LogP contribution is -2.31. The van der Waals surface area contributed by atoms with Crippen LogP contribution in [0.25, 0.3) is 0 Å². The molecule has 24 heavy (non-hydrogen) atoms. The Labute approximate surface area is 144 Å². The summed E-state index contributed by atoms with van der Waals surface area (Å²) in [6, 6.07) is 2.82. The molecule has 1 heterocycles. The van der Waals surface area contributed by atoms with Crippen molar-refractivity contribution in [2.75, 3.05) is 14.2 Å². The molecule has 2 aromatic rings. The first-order valence-electron chi connectivity index (χ1n) is 6.69. The van der Waals surface area contributed by atoms with Gasteiger partial charge in [-0.25, -0.2) is 13.1 Å². The van der Waals surface area contributed by atoms with Crippen LogP contribution in [0.5, 0.6) is 11.5 Å². The van der Waals surface area contributed by atoms with Crippen LogP contribution in [0.3, 0.4) is 0 Å². The van der Waals surface area contributed by atoms with Gasteiger partial charge in [0.25, 0.3) is 5.91 Å². The topological polar surface area (TPSA) is 99.5 Å². The second kappa shape index (κ2) is 7.10. The van der Waals surface area contributed by atoms with Crippen LogP contribution in [0.4, 0.5) is 0 Å². The predicted octanol–water partition coefficient (Wildman–Crippen LogP) is 1.35. The zero-order chi connectivity index (χ0) is 17.9. The van der Waals surface area contributed by atoms with Crippen molar-refractivity contribution in [1.29, 1.82) is 0 Å². The molecule has 0 atom stereocenters. The van der Waals surface area contributed by atoms with E-state index in [1.54, 1.807) is 13.2 Å². The van der Waals surface area contributed by atoms with Crippen LogP contribution in [-0.2, 0) is 22.8 Å². The van der Waals surface area contributed by atoms with Crippen molar-refractivity contribution in [3.63, 3.8) is 0 Å². The molecule has 8 nitrogen and oxygen atoms in total. The Kier molecular flexibility index (Phi) is 5.35. The summed E-state index contributed by atoms with van der Waals surface area (Å²) in [5, 5.41) is 3.88. The van der Waals surface area contributed by atoms with Crippen molar-refractivity contribution in [1.82, 2.24) is 14.5 Å². The van der Waals surface area contributed by atoms with Gasteiger partial charge in [-0.2, -0.15) is 5.10 Å². The van der Waals surface area contributed by atoms with Gasteiger partial charge in [0.15, 0.2) is 0 Å². The molecule has 0 aliphatic rings. The van der Waals surface area contributed by atoms with E-state index in [-0.39, 0.29) is 22.1 Å². The van der Waals surface area contributed by atoms with E-state index in [0.717, 1.165) is 0 Å². The van der Waals surface area contributed by atoms with Crippen LogP contribution in [-0.4, -0.2) is 38.3 Å². The van der Waals surface area contributed by atoms with Gasteiger partial charge in [-0.05, 0) is 6.07 Å². The summed E-state index contributed by atoms with van der Waals surface area (Å²) in [5.41, 5.74) is 0.384. The van der Waals surface area contributed by atoms with E-state index in [2.05, 4.69) is 5.10 Å². The van der Waals surface area contributed by atoms with E-state index in [1.165, 1.54) is 37.2 Å².